The minimum absolute atomic E-state index is 0. The Bertz CT molecular complexity index is 648. The van der Waals surface area contributed by atoms with Crippen molar-refractivity contribution in [3.63, 3.8) is 0 Å². The van der Waals surface area contributed by atoms with E-state index >= 15 is 0 Å². The Morgan fingerprint density at radius 3 is 2.38 bits per heavy atom. The number of piperidine rings is 1. The number of hydrogen-bond donors (Lipinski definition) is 3. The van der Waals surface area contributed by atoms with E-state index in [1.54, 1.807) is 4.90 Å². The first kappa shape index (κ1) is 22.5. The van der Waals surface area contributed by atoms with Crippen LogP contribution in [0.5, 0.6) is 0 Å². The third-order valence-electron chi connectivity index (χ3n) is 5.45. The molecule has 0 saturated carbocycles. The van der Waals surface area contributed by atoms with Gasteiger partial charge < -0.3 is 21.3 Å². The van der Waals surface area contributed by atoms with Crippen molar-refractivity contribution >= 4 is 48.0 Å². The van der Waals surface area contributed by atoms with Crippen LogP contribution in [0.15, 0.2) is 24.3 Å². The van der Waals surface area contributed by atoms with Crippen molar-refractivity contribution in [1.29, 1.82) is 0 Å². The highest BCUT2D eigenvalue weighted by Gasteiger charge is 2.45. The van der Waals surface area contributed by atoms with E-state index in [4.69, 9.17) is 5.73 Å². The third-order valence-corrected chi connectivity index (χ3v) is 5.45. The van der Waals surface area contributed by atoms with Crippen LogP contribution in [-0.2, 0) is 9.59 Å². The largest absolute Gasteiger partial charge is 0.369 e. The zero-order valence-corrected chi connectivity index (χ0v) is 16.8. The maximum atomic E-state index is 12.6. The van der Waals surface area contributed by atoms with Crippen molar-refractivity contribution in [1.82, 2.24) is 4.90 Å². The predicted octanol–water partition coefficient (Wildman–Crippen LogP) is 2.63. The lowest BCUT2D eigenvalue weighted by molar-refractivity contribution is -0.137. The summed E-state index contributed by atoms with van der Waals surface area (Å²) in [5.41, 5.74) is 7.19. The van der Waals surface area contributed by atoms with Gasteiger partial charge in [0.2, 0.25) is 11.8 Å². The molecule has 4 N–H and O–H groups in total. The summed E-state index contributed by atoms with van der Waals surface area (Å²) < 4.78 is 0. The molecule has 2 aliphatic rings. The number of rotatable bonds is 3. The van der Waals surface area contributed by atoms with Crippen molar-refractivity contribution in [2.75, 3.05) is 23.7 Å². The molecule has 3 rings (SSSR count). The minimum Gasteiger partial charge on any atom is -0.369 e. The standard InChI is InChI=1S/C18H26N4O2.2ClH/c1-3-12(2)15(19)16(23)22-10-8-18(9-11-22)17(24)20-13-6-4-5-7-14(13)21-18;;/h4-7,12,15,21H,3,8-11,19H2,1-2H3,(H,20,24);2*1H/t12-,15+;;/m0../s1. The first-order chi connectivity index (χ1) is 11.5. The van der Waals surface area contributed by atoms with E-state index in [-0.39, 0.29) is 42.5 Å². The molecule has 0 aromatic heterocycles. The fourth-order valence-electron chi connectivity index (χ4n) is 3.43. The van der Waals surface area contributed by atoms with Gasteiger partial charge in [0.05, 0.1) is 17.4 Å². The fraction of sp³-hybridized carbons (Fsp3) is 0.556. The van der Waals surface area contributed by atoms with Gasteiger partial charge in [-0.15, -0.1) is 24.8 Å². The number of benzene rings is 1. The summed E-state index contributed by atoms with van der Waals surface area (Å²) in [6.45, 7) is 5.13. The van der Waals surface area contributed by atoms with Crippen LogP contribution in [0, 0.1) is 5.92 Å². The molecular formula is C18H28Cl2N4O2. The summed E-state index contributed by atoms with van der Waals surface area (Å²) >= 11 is 0. The molecule has 1 aromatic rings. The number of likely N-dealkylation sites (tertiary alicyclic amines) is 1. The van der Waals surface area contributed by atoms with Crippen LogP contribution in [0.4, 0.5) is 11.4 Å². The highest BCUT2D eigenvalue weighted by atomic mass is 35.5. The van der Waals surface area contributed by atoms with Crippen LogP contribution < -0.4 is 16.4 Å². The lowest BCUT2D eigenvalue weighted by atomic mass is 9.84. The van der Waals surface area contributed by atoms with Crippen LogP contribution in [-0.4, -0.2) is 41.4 Å². The Morgan fingerprint density at radius 2 is 1.81 bits per heavy atom. The van der Waals surface area contributed by atoms with Crippen molar-refractivity contribution in [3.05, 3.63) is 24.3 Å². The number of para-hydroxylation sites is 2. The molecule has 0 unspecified atom stereocenters. The minimum atomic E-state index is -0.633. The molecule has 0 aliphatic carbocycles. The first-order valence-corrected chi connectivity index (χ1v) is 8.70. The molecular weight excluding hydrogens is 375 g/mol. The number of carbonyl (C=O) groups excluding carboxylic acids is 2. The molecule has 2 aliphatic heterocycles. The van der Waals surface area contributed by atoms with Crippen molar-refractivity contribution in [3.8, 4) is 0 Å². The molecule has 26 heavy (non-hydrogen) atoms. The second-order valence-electron chi connectivity index (χ2n) is 6.94. The molecule has 0 bridgehead atoms. The smallest absolute Gasteiger partial charge is 0.250 e. The van der Waals surface area contributed by atoms with Crippen molar-refractivity contribution in [2.45, 2.75) is 44.7 Å². The molecule has 0 radical (unpaired) electrons. The summed E-state index contributed by atoms with van der Waals surface area (Å²) in [7, 11) is 0. The van der Waals surface area contributed by atoms with E-state index in [2.05, 4.69) is 10.6 Å². The van der Waals surface area contributed by atoms with Crippen LogP contribution in [0.25, 0.3) is 0 Å². The van der Waals surface area contributed by atoms with E-state index in [0.717, 1.165) is 17.8 Å². The van der Waals surface area contributed by atoms with E-state index in [9.17, 15) is 9.59 Å². The Kier molecular flexibility index (Phi) is 7.74. The van der Waals surface area contributed by atoms with Gasteiger partial charge in [0.25, 0.3) is 0 Å². The zero-order chi connectivity index (χ0) is 17.3. The molecule has 146 valence electrons. The number of amides is 2. The van der Waals surface area contributed by atoms with Crippen molar-refractivity contribution < 1.29 is 9.59 Å². The number of halogens is 2. The summed E-state index contributed by atoms with van der Waals surface area (Å²) in [5.74, 6) is 0.145. The summed E-state index contributed by atoms with van der Waals surface area (Å²) in [5, 5.41) is 6.39. The second kappa shape index (κ2) is 8.93. The average molecular weight is 403 g/mol. The van der Waals surface area contributed by atoms with E-state index in [0.29, 0.717) is 25.9 Å². The molecule has 1 fully saturated rings. The molecule has 1 aromatic carbocycles. The van der Waals surface area contributed by atoms with Gasteiger partial charge in [0.15, 0.2) is 0 Å². The number of nitrogens with two attached hydrogens (primary N) is 1. The molecule has 1 saturated heterocycles. The van der Waals surface area contributed by atoms with Crippen LogP contribution in [0.2, 0.25) is 0 Å². The maximum absolute atomic E-state index is 12.6. The SMILES string of the molecule is CC[C@H](C)[C@@H](N)C(=O)N1CCC2(CC1)Nc1ccccc1NC2=O.Cl.Cl. The normalized spacial score (nSPS) is 19.8. The maximum Gasteiger partial charge on any atom is 0.250 e. The van der Waals surface area contributed by atoms with E-state index in [1.807, 2.05) is 38.1 Å². The Balaban J connectivity index is 0.00000169. The highest BCUT2D eigenvalue weighted by molar-refractivity contribution is 6.06. The quantitative estimate of drug-likeness (QED) is 0.724. The monoisotopic (exact) mass is 402 g/mol. The highest BCUT2D eigenvalue weighted by Crippen LogP contribution is 2.36. The lowest BCUT2D eigenvalue weighted by Crippen LogP contribution is -2.60. The van der Waals surface area contributed by atoms with Crippen molar-refractivity contribution in [2.24, 2.45) is 11.7 Å². The van der Waals surface area contributed by atoms with Gasteiger partial charge in [-0.2, -0.15) is 0 Å². The molecule has 8 heteroatoms. The van der Waals surface area contributed by atoms with Crippen LogP contribution >= 0.6 is 24.8 Å². The number of anilines is 2. The molecule has 2 amide bonds. The van der Waals surface area contributed by atoms with Gasteiger partial charge >= 0.3 is 0 Å². The number of fused-ring (bicyclic) bond motifs is 1. The number of nitrogens with one attached hydrogen (secondary N) is 2. The van der Waals surface area contributed by atoms with E-state index in [1.165, 1.54) is 0 Å². The summed E-state index contributed by atoms with van der Waals surface area (Å²) in [4.78, 5) is 26.9. The summed E-state index contributed by atoms with van der Waals surface area (Å²) in [6, 6.07) is 7.24. The molecule has 2 atom stereocenters. The first-order valence-electron chi connectivity index (χ1n) is 8.70. The number of hydrogen-bond acceptors (Lipinski definition) is 4. The van der Waals surface area contributed by atoms with Gasteiger partial charge in [0.1, 0.15) is 5.54 Å². The van der Waals surface area contributed by atoms with Gasteiger partial charge in [-0.1, -0.05) is 32.4 Å². The number of nitrogens with zero attached hydrogens (tertiary/aromatic N) is 1. The molecule has 2 heterocycles. The fourth-order valence-corrected chi connectivity index (χ4v) is 3.43. The average Bonchev–Trinajstić information content (AvgIpc) is 2.61. The zero-order valence-electron chi connectivity index (χ0n) is 15.2. The molecule has 6 nitrogen and oxygen atoms in total. The Labute approximate surface area is 167 Å². The third kappa shape index (κ3) is 4.08. The van der Waals surface area contributed by atoms with Crippen LogP contribution in [0.1, 0.15) is 33.1 Å². The second-order valence-corrected chi connectivity index (χ2v) is 6.94. The number of carbonyl (C=O) groups is 2. The topological polar surface area (TPSA) is 87.5 Å². The molecule has 1 spiro atoms. The summed E-state index contributed by atoms with van der Waals surface area (Å²) in [6.07, 6.45) is 2.06. The van der Waals surface area contributed by atoms with Gasteiger partial charge in [-0.05, 0) is 30.9 Å². The van der Waals surface area contributed by atoms with E-state index < -0.39 is 11.6 Å². The Hall–Kier alpha value is -1.50. The van der Waals surface area contributed by atoms with Gasteiger partial charge in [-0.3, -0.25) is 9.59 Å². The lowest BCUT2D eigenvalue weighted by Gasteiger charge is -2.44. The Morgan fingerprint density at radius 1 is 1.23 bits per heavy atom. The van der Waals surface area contributed by atoms with Gasteiger partial charge in [0, 0.05) is 13.1 Å². The predicted molar refractivity (Wildman–Crippen MR) is 109 cm³/mol. The van der Waals surface area contributed by atoms with Crippen LogP contribution in [0.3, 0.4) is 0 Å². The van der Waals surface area contributed by atoms with Gasteiger partial charge in [-0.25, -0.2) is 0 Å².